The van der Waals surface area contributed by atoms with E-state index in [2.05, 4.69) is 5.32 Å². The van der Waals surface area contributed by atoms with Crippen LogP contribution in [-0.2, 0) is 0 Å². The van der Waals surface area contributed by atoms with Crippen molar-refractivity contribution >= 4 is 12.0 Å². The SMILES string of the molecule is O=Cc1ccc(-c2c(F)cccc2NC2CCC(O)CC2)o1. The Kier molecular flexibility index (Phi) is 4.24. The molecule has 5 heteroatoms. The maximum atomic E-state index is 14.2. The zero-order valence-corrected chi connectivity index (χ0v) is 12.1. The first-order valence-corrected chi connectivity index (χ1v) is 7.46. The molecule has 1 aliphatic carbocycles. The van der Waals surface area contributed by atoms with Crippen LogP contribution < -0.4 is 5.32 Å². The summed E-state index contributed by atoms with van der Waals surface area (Å²) in [7, 11) is 0. The van der Waals surface area contributed by atoms with Crippen LogP contribution in [0.4, 0.5) is 10.1 Å². The summed E-state index contributed by atoms with van der Waals surface area (Å²) in [5.41, 5.74) is 0.981. The quantitative estimate of drug-likeness (QED) is 0.847. The first-order valence-electron chi connectivity index (χ1n) is 7.46. The van der Waals surface area contributed by atoms with E-state index in [1.165, 1.54) is 12.1 Å². The Hall–Kier alpha value is -2.14. The van der Waals surface area contributed by atoms with Gasteiger partial charge in [0.2, 0.25) is 0 Å². The molecule has 4 nitrogen and oxygen atoms in total. The number of aliphatic hydroxyl groups excluding tert-OH is 1. The molecule has 116 valence electrons. The topological polar surface area (TPSA) is 62.5 Å². The zero-order chi connectivity index (χ0) is 15.5. The number of carbonyl (C=O) groups excluding carboxylic acids is 1. The first kappa shape index (κ1) is 14.8. The molecule has 0 amide bonds. The minimum absolute atomic E-state index is 0.171. The minimum atomic E-state index is -0.396. The van der Waals surface area contributed by atoms with Crippen molar-refractivity contribution in [3.63, 3.8) is 0 Å². The van der Waals surface area contributed by atoms with Gasteiger partial charge >= 0.3 is 0 Å². The molecule has 2 N–H and O–H groups in total. The second-order valence-electron chi connectivity index (χ2n) is 5.63. The van der Waals surface area contributed by atoms with E-state index in [9.17, 15) is 14.3 Å². The lowest BCUT2D eigenvalue weighted by atomic mass is 9.92. The lowest BCUT2D eigenvalue weighted by molar-refractivity contribution is 0.110. The van der Waals surface area contributed by atoms with Crippen LogP contribution in [-0.4, -0.2) is 23.5 Å². The summed E-state index contributed by atoms with van der Waals surface area (Å²) in [5, 5.41) is 12.9. The second-order valence-corrected chi connectivity index (χ2v) is 5.63. The van der Waals surface area contributed by atoms with Gasteiger partial charge in [0.25, 0.3) is 0 Å². The number of aliphatic hydroxyl groups is 1. The Morgan fingerprint density at radius 1 is 1.18 bits per heavy atom. The largest absolute Gasteiger partial charge is 0.453 e. The van der Waals surface area contributed by atoms with E-state index in [-0.39, 0.29) is 17.9 Å². The van der Waals surface area contributed by atoms with Crippen molar-refractivity contribution in [2.75, 3.05) is 5.32 Å². The van der Waals surface area contributed by atoms with Gasteiger partial charge in [0.05, 0.1) is 11.7 Å². The van der Waals surface area contributed by atoms with Crippen LogP contribution in [0, 0.1) is 5.82 Å². The summed E-state index contributed by atoms with van der Waals surface area (Å²) in [6.07, 6.45) is 3.55. The van der Waals surface area contributed by atoms with Gasteiger partial charge in [-0.15, -0.1) is 0 Å². The molecule has 0 spiro atoms. The molecule has 1 aliphatic rings. The molecule has 3 rings (SSSR count). The molecular formula is C17H18FNO3. The molecule has 22 heavy (non-hydrogen) atoms. The van der Waals surface area contributed by atoms with Crippen molar-refractivity contribution in [1.29, 1.82) is 0 Å². The number of furan rings is 1. The zero-order valence-electron chi connectivity index (χ0n) is 12.1. The average molecular weight is 303 g/mol. The van der Waals surface area contributed by atoms with Gasteiger partial charge < -0.3 is 14.8 Å². The van der Waals surface area contributed by atoms with E-state index in [0.717, 1.165) is 25.7 Å². The molecule has 0 atom stereocenters. The number of aldehydes is 1. The van der Waals surface area contributed by atoms with Crippen LogP contribution in [0.2, 0.25) is 0 Å². The number of hydrogen-bond donors (Lipinski definition) is 2. The van der Waals surface area contributed by atoms with Gasteiger partial charge in [-0.1, -0.05) is 6.07 Å². The van der Waals surface area contributed by atoms with Crippen molar-refractivity contribution < 1.29 is 18.7 Å². The molecule has 1 saturated carbocycles. The molecule has 0 unspecified atom stereocenters. The summed E-state index contributed by atoms with van der Waals surface area (Å²) in [6, 6.07) is 8.13. The highest BCUT2D eigenvalue weighted by molar-refractivity contribution is 5.78. The normalized spacial score (nSPS) is 21.5. The summed E-state index contributed by atoms with van der Waals surface area (Å²) in [5.74, 6) is 0.108. The molecule has 1 fully saturated rings. The van der Waals surface area contributed by atoms with Gasteiger partial charge in [0.15, 0.2) is 12.0 Å². The number of nitrogens with one attached hydrogen (secondary N) is 1. The van der Waals surface area contributed by atoms with Crippen LogP contribution in [0.3, 0.4) is 0 Å². The van der Waals surface area contributed by atoms with Gasteiger partial charge in [0.1, 0.15) is 11.6 Å². The number of anilines is 1. The van der Waals surface area contributed by atoms with E-state index in [4.69, 9.17) is 4.42 Å². The van der Waals surface area contributed by atoms with Crippen LogP contribution in [0.1, 0.15) is 36.2 Å². The lowest BCUT2D eigenvalue weighted by Gasteiger charge is -2.27. The molecule has 1 aromatic carbocycles. The van der Waals surface area contributed by atoms with Crippen LogP contribution in [0.15, 0.2) is 34.7 Å². The fourth-order valence-corrected chi connectivity index (χ4v) is 2.89. The van der Waals surface area contributed by atoms with Crippen molar-refractivity contribution in [3.05, 3.63) is 41.9 Å². The summed E-state index contributed by atoms with van der Waals surface area (Å²) in [6.45, 7) is 0. The average Bonchev–Trinajstić information content (AvgIpc) is 2.98. The number of rotatable bonds is 4. The fraction of sp³-hybridized carbons (Fsp3) is 0.353. The highest BCUT2D eigenvalue weighted by Crippen LogP contribution is 2.33. The Labute approximate surface area is 128 Å². The van der Waals surface area contributed by atoms with Crippen LogP contribution in [0.25, 0.3) is 11.3 Å². The van der Waals surface area contributed by atoms with Crippen molar-refractivity contribution in [1.82, 2.24) is 0 Å². The second kappa shape index (κ2) is 6.32. The van der Waals surface area contributed by atoms with E-state index in [1.54, 1.807) is 18.2 Å². The highest BCUT2D eigenvalue weighted by atomic mass is 19.1. The van der Waals surface area contributed by atoms with Crippen molar-refractivity contribution in [2.24, 2.45) is 0 Å². The number of halogens is 1. The Morgan fingerprint density at radius 2 is 1.95 bits per heavy atom. The third-order valence-corrected chi connectivity index (χ3v) is 4.06. The summed E-state index contributed by atoms with van der Waals surface area (Å²) < 4.78 is 19.6. The van der Waals surface area contributed by atoms with Gasteiger partial charge in [-0.25, -0.2) is 4.39 Å². The number of carbonyl (C=O) groups is 1. The molecular weight excluding hydrogens is 285 g/mol. The first-order chi connectivity index (χ1) is 10.7. The molecule has 2 aromatic rings. The van der Waals surface area contributed by atoms with E-state index >= 15 is 0 Å². The molecule has 1 aromatic heterocycles. The smallest absolute Gasteiger partial charge is 0.185 e. The van der Waals surface area contributed by atoms with Gasteiger partial charge in [-0.05, 0) is 49.9 Å². The number of benzene rings is 1. The van der Waals surface area contributed by atoms with E-state index in [0.29, 0.717) is 23.3 Å². The Balaban J connectivity index is 1.88. The van der Waals surface area contributed by atoms with Crippen molar-refractivity contribution in [3.8, 4) is 11.3 Å². The summed E-state index contributed by atoms with van der Waals surface area (Å²) >= 11 is 0. The molecule has 0 saturated heterocycles. The molecule has 1 heterocycles. The fourth-order valence-electron chi connectivity index (χ4n) is 2.89. The Bertz CT molecular complexity index is 660. The third kappa shape index (κ3) is 3.04. The maximum Gasteiger partial charge on any atom is 0.185 e. The molecule has 0 aliphatic heterocycles. The van der Waals surface area contributed by atoms with Crippen LogP contribution in [0.5, 0.6) is 0 Å². The monoisotopic (exact) mass is 303 g/mol. The van der Waals surface area contributed by atoms with Crippen LogP contribution >= 0.6 is 0 Å². The highest BCUT2D eigenvalue weighted by Gasteiger charge is 2.22. The predicted molar refractivity (Wildman–Crippen MR) is 81.4 cm³/mol. The van der Waals surface area contributed by atoms with Gasteiger partial charge in [-0.3, -0.25) is 4.79 Å². The van der Waals surface area contributed by atoms with E-state index in [1.807, 2.05) is 0 Å². The van der Waals surface area contributed by atoms with Gasteiger partial charge in [0, 0.05) is 11.7 Å². The van der Waals surface area contributed by atoms with Crippen molar-refractivity contribution in [2.45, 2.75) is 37.8 Å². The minimum Gasteiger partial charge on any atom is -0.453 e. The maximum absolute atomic E-state index is 14.2. The third-order valence-electron chi connectivity index (χ3n) is 4.06. The Morgan fingerprint density at radius 3 is 2.64 bits per heavy atom. The van der Waals surface area contributed by atoms with Gasteiger partial charge in [-0.2, -0.15) is 0 Å². The molecule has 0 bridgehead atoms. The predicted octanol–water partition coefficient (Wildman–Crippen LogP) is 3.61. The summed E-state index contributed by atoms with van der Waals surface area (Å²) in [4.78, 5) is 10.7. The lowest BCUT2D eigenvalue weighted by Crippen LogP contribution is -2.28. The molecule has 0 radical (unpaired) electrons. The number of hydrogen-bond acceptors (Lipinski definition) is 4. The standard InChI is InChI=1S/C17H18FNO3/c18-14-2-1-3-15(19-11-4-6-12(21)7-5-11)17(14)16-9-8-13(10-20)22-16/h1-3,8-12,19,21H,4-7H2. The van der Waals surface area contributed by atoms with E-state index < -0.39 is 5.82 Å².